The van der Waals surface area contributed by atoms with Crippen LogP contribution in [0.1, 0.15) is 200 Å². The molecule has 11 heteroatoms. The summed E-state index contributed by atoms with van der Waals surface area (Å²) in [6.07, 6.45) is 34.7. The first-order chi connectivity index (χ1) is 25.2. The Hall–Kier alpha value is -1.29. The maximum absolute atomic E-state index is 12.6. The topological polar surface area (TPSA) is 149 Å². The van der Waals surface area contributed by atoms with Gasteiger partial charge in [-0.05, 0) is 38.5 Å². The van der Waals surface area contributed by atoms with Crippen LogP contribution in [0.25, 0.3) is 0 Å². The Labute approximate surface area is 317 Å². The lowest BCUT2D eigenvalue weighted by atomic mass is 10.1. The molecule has 0 saturated carbocycles. The molecule has 3 unspecified atom stereocenters. The average molecular weight is 763 g/mol. The minimum absolute atomic E-state index is 0.186. The molecule has 0 aromatic rings. The monoisotopic (exact) mass is 763 g/mol. The van der Waals surface area contributed by atoms with Crippen LogP contribution in [0.4, 0.5) is 0 Å². The van der Waals surface area contributed by atoms with Gasteiger partial charge in [0, 0.05) is 12.8 Å². The highest BCUT2D eigenvalue weighted by molar-refractivity contribution is 7.47. The first kappa shape index (κ1) is 50.7. The fraction of sp³-hybridized carbons (Fsp3) is 0.902. The van der Waals surface area contributed by atoms with Gasteiger partial charge in [-0.15, -0.1) is 0 Å². The third-order valence-electron chi connectivity index (χ3n) is 9.17. The van der Waals surface area contributed by atoms with Crippen LogP contribution in [0.15, 0.2) is 12.2 Å². The molecule has 0 radical (unpaired) electrons. The van der Waals surface area contributed by atoms with Gasteiger partial charge in [0.25, 0.3) is 0 Å². The van der Waals surface area contributed by atoms with E-state index in [4.69, 9.17) is 19.1 Å². The Morgan fingerprint density at radius 2 is 0.942 bits per heavy atom. The number of aliphatic hydroxyl groups is 2. The summed E-state index contributed by atoms with van der Waals surface area (Å²) < 4.78 is 32.6. The highest BCUT2D eigenvalue weighted by atomic mass is 31.2. The molecule has 0 saturated heterocycles. The zero-order valence-electron chi connectivity index (χ0n) is 33.3. The second kappa shape index (κ2) is 38.0. The van der Waals surface area contributed by atoms with Crippen LogP contribution in [0, 0.1) is 0 Å². The van der Waals surface area contributed by atoms with E-state index < -0.39 is 51.8 Å². The fourth-order valence-corrected chi connectivity index (χ4v) is 6.66. The number of allylic oxidation sites excluding steroid dienone is 2. The smallest absolute Gasteiger partial charge is 0.462 e. The van der Waals surface area contributed by atoms with Crippen molar-refractivity contribution in [2.24, 2.45) is 0 Å². The molecule has 0 aliphatic rings. The molecular formula is C41H79O10P. The largest absolute Gasteiger partial charge is 0.472 e. The van der Waals surface area contributed by atoms with E-state index in [-0.39, 0.29) is 19.4 Å². The number of ether oxygens (including phenoxy) is 2. The average Bonchev–Trinajstić information content (AvgIpc) is 3.13. The second-order valence-corrected chi connectivity index (χ2v) is 15.8. The molecule has 0 aromatic carbocycles. The van der Waals surface area contributed by atoms with Crippen molar-refractivity contribution < 1.29 is 47.8 Å². The molecule has 0 amide bonds. The van der Waals surface area contributed by atoms with Crippen molar-refractivity contribution in [3.8, 4) is 0 Å². The highest BCUT2D eigenvalue weighted by Gasteiger charge is 2.27. The first-order valence-corrected chi connectivity index (χ1v) is 22.6. The predicted molar refractivity (Wildman–Crippen MR) is 210 cm³/mol. The summed E-state index contributed by atoms with van der Waals surface area (Å²) in [4.78, 5) is 34.9. The van der Waals surface area contributed by atoms with Crippen LogP contribution in [0.5, 0.6) is 0 Å². The van der Waals surface area contributed by atoms with Crippen LogP contribution < -0.4 is 0 Å². The van der Waals surface area contributed by atoms with Crippen LogP contribution in [-0.4, -0.2) is 65.7 Å². The van der Waals surface area contributed by atoms with Crippen molar-refractivity contribution >= 4 is 19.8 Å². The van der Waals surface area contributed by atoms with E-state index in [9.17, 15) is 24.2 Å². The van der Waals surface area contributed by atoms with Crippen molar-refractivity contribution in [1.29, 1.82) is 0 Å². The van der Waals surface area contributed by atoms with Gasteiger partial charge in [-0.1, -0.05) is 161 Å². The summed E-state index contributed by atoms with van der Waals surface area (Å²) in [5.74, 6) is -0.921. The van der Waals surface area contributed by atoms with Gasteiger partial charge in [-0.25, -0.2) is 4.57 Å². The summed E-state index contributed by atoms with van der Waals surface area (Å²) in [5.41, 5.74) is 0. The number of esters is 2. The minimum Gasteiger partial charge on any atom is -0.462 e. The van der Waals surface area contributed by atoms with E-state index in [2.05, 4.69) is 30.5 Å². The first-order valence-electron chi connectivity index (χ1n) is 21.1. The quantitative estimate of drug-likeness (QED) is 0.0238. The van der Waals surface area contributed by atoms with Gasteiger partial charge < -0.3 is 24.6 Å². The summed E-state index contributed by atoms with van der Waals surface area (Å²) >= 11 is 0. The third kappa shape index (κ3) is 37.0. The normalized spacial score (nSPS) is 14.0. The molecule has 10 nitrogen and oxygen atoms in total. The molecule has 0 aromatic heterocycles. The Morgan fingerprint density at radius 3 is 1.38 bits per heavy atom. The van der Waals surface area contributed by atoms with E-state index in [1.165, 1.54) is 122 Å². The highest BCUT2D eigenvalue weighted by Crippen LogP contribution is 2.43. The van der Waals surface area contributed by atoms with Gasteiger partial charge >= 0.3 is 19.8 Å². The van der Waals surface area contributed by atoms with Gasteiger partial charge in [-0.3, -0.25) is 18.6 Å². The molecule has 308 valence electrons. The third-order valence-corrected chi connectivity index (χ3v) is 10.1. The van der Waals surface area contributed by atoms with Gasteiger partial charge in [-0.2, -0.15) is 0 Å². The van der Waals surface area contributed by atoms with E-state index in [0.29, 0.717) is 12.8 Å². The maximum atomic E-state index is 12.6. The van der Waals surface area contributed by atoms with Crippen LogP contribution in [-0.2, 0) is 32.7 Å². The lowest BCUT2D eigenvalue weighted by Crippen LogP contribution is -2.29. The summed E-state index contributed by atoms with van der Waals surface area (Å²) in [7, 11) is -4.61. The summed E-state index contributed by atoms with van der Waals surface area (Å²) in [6, 6.07) is 0. The van der Waals surface area contributed by atoms with E-state index in [0.717, 1.165) is 38.5 Å². The number of rotatable bonds is 40. The molecule has 0 bridgehead atoms. The number of carbonyl (C=O) groups is 2. The Morgan fingerprint density at radius 1 is 0.558 bits per heavy atom. The van der Waals surface area contributed by atoms with E-state index in [1.54, 1.807) is 0 Å². The fourth-order valence-electron chi connectivity index (χ4n) is 5.87. The molecule has 0 aliphatic carbocycles. The van der Waals surface area contributed by atoms with Crippen LogP contribution in [0.3, 0.4) is 0 Å². The molecule has 52 heavy (non-hydrogen) atoms. The molecule has 0 heterocycles. The minimum atomic E-state index is -4.61. The standard InChI is InChI=1S/C41H79O10P/c1-3-5-7-9-11-13-15-16-17-18-19-20-21-22-23-25-27-29-31-33-41(45)51-39(37-50-52(46,47)49-35-38(43)34-42)36-48-40(44)32-30-28-26-24-14-12-10-8-6-4-2/h16-17,38-39,42-43H,3-15,18-37H2,1-2H3,(H,46,47)/b17-16-. The Bertz CT molecular complexity index is 884. The zero-order valence-corrected chi connectivity index (χ0v) is 34.2. The molecule has 3 atom stereocenters. The van der Waals surface area contributed by atoms with Crippen LogP contribution in [0.2, 0.25) is 0 Å². The number of phosphoric ester groups is 1. The lowest BCUT2D eigenvalue weighted by Gasteiger charge is -2.20. The number of hydrogen-bond acceptors (Lipinski definition) is 9. The second-order valence-electron chi connectivity index (χ2n) is 14.4. The van der Waals surface area contributed by atoms with E-state index in [1.807, 2.05) is 0 Å². The van der Waals surface area contributed by atoms with Crippen molar-refractivity contribution in [3.05, 3.63) is 12.2 Å². The van der Waals surface area contributed by atoms with Gasteiger partial charge in [0.2, 0.25) is 0 Å². The number of aliphatic hydroxyl groups excluding tert-OH is 2. The zero-order chi connectivity index (χ0) is 38.4. The van der Waals surface area contributed by atoms with Gasteiger partial charge in [0.15, 0.2) is 6.10 Å². The van der Waals surface area contributed by atoms with Gasteiger partial charge in [0.1, 0.15) is 12.7 Å². The molecule has 0 spiro atoms. The van der Waals surface area contributed by atoms with Gasteiger partial charge in [0.05, 0.1) is 19.8 Å². The molecular weight excluding hydrogens is 683 g/mol. The summed E-state index contributed by atoms with van der Waals surface area (Å²) in [5, 5.41) is 18.3. The molecule has 0 rings (SSSR count). The van der Waals surface area contributed by atoms with Crippen molar-refractivity contribution in [2.45, 2.75) is 212 Å². The predicted octanol–water partition coefficient (Wildman–Crippen LogP) is 10.8. The molecule has 0 fully saturated rings. The van der Waals surface area contributed by atoms with Crippen molar-refractivity contribution in [1.82, 2.24) is 0 Å². The maximum Gasteiger partial charge on any atom is 0.472 e. The SMILES string of the molecule is CCCCCCCC/C=C\CCCCCCCCCCCC(=O)OC(COC(=O)CCCCCCCCCCCC)COP(=O)(O)OCC(O)CO. The number of hydrogen-bond donors (Lipinski definition) is 3. The number of phosphoric acid groups is 1. The molecule has 3 N–H and O–H groups in total. The van der Waals surface area contributed by atoms with Crippen LogP contribution >= 0.6 is 7.82 Å². The van der Waals surface area contributed by atoms with Crippen molar-refractivity contribution in [3.63, 3.8) is 0 Å². The Kier molecular flexibility index (Phi) is 37.1. The van der Waals surface area contributed by atoms with E-state index >= 15 is 0 Å². The summed E-state index contributed by atoms with van der Waals surface area (Å²) in [6.45, 7) is 2.37. The lowest BCUT2D eigenvalue weighted by molar-refractivity contribution is -0.161. The Balaban J connectivity index is 4.23. The number of carbonyl (C=O) groups excluding carboxylic acids is 2. The van der Waals surface area contributed by atoms with Crippen molar-refractivity contribution in [2.75, 3.05) is 26.4 Å². The molecule has 0 aliphatic heterocycles. The number of unbranched alkanes of at least 4 members (excludes halogenated alkanes) is 24.